The standard InChI is InChI=1S/C7H7.CH3.Zn/c1-7-5-3-2-4-6-7;;/h3-6H,1H3;1H3;/q2*-1;+2. The second kappa shape index (κ2) is 5.97. The smallest absolute Gasteiger partial charge is 0.358 e. The molecule has 1 heteroatoms. The van der Waals surface area contributed by atoms with Gasteiger partial charge in [-0.3, -0.25) is 0 Å². The summed E-state index contributed by atoms with van der Waals surface area (Å²) in [7, 11) is 0. The molecule has 0 fully saturated rings. The van der Waals surface area contributed by atoms with Crippen LogP contribution in [0.5, 0.6) is 0 Å². The molecule has 0 N–H and O–H groups in total. The number of aryl methyl sites for hydroxylation is 1. The van der Waals surface area contributed by atoms with E-state index in [1.54, 1.807) is 0 Å². The molecule has 44 valence electrons. The Balaban J connectivity index is 0. The molecule has 1 rings (SSSR count). The molecule has 0 aliphatic rings. The first kappa shape index (κ1) is 11.6. The van der Waals surface area contributed by atoms with Gasteiger partial charge < -0.3 is 7.43 Å². The van der Waals surface area contributed by atoms with Gasteiger partial charge in [-0.1, -0.05) is 6.92 Å². The zero-order valence-corrected chi connectivity index (χ0v) is 8.98. The Morgan fingerprint density at radius 3 is 1.89 bits per heavy atom. The Kier molecular flexibility index (Phi) is 7.71. The van der Waals surface area contributed by atoms with Crippen LogP contribution in [0.1, 0.15) is 5.56 Å². The molecule has 0 saturated carbocycles. The first-order chi connectivity index (χ1) is 3.39. The van der Waals surface area contributed by atoms with Crippen molar-refractivity contribution in [2.24, 2.45) is 0 Å². The average Bonchev–Trinajstić information content (AvgIpc) is 1.69. The van der Waals surface area contributed by atoms with E-state index in [1.807, 2.05) is 24.3 Å². The van der Waals surface area contributed by atoms with Crippen LogP contribution in [-0.4, -0.2) is 0 Å². The van der Waals surface area contributed by atoms with E-state index in [0.717, 1.165) is 0 Å². The van der Waals surface area contributed by atoms with E-state index in [0.29, 0.717) is 0 Å². The van der Waals surface area contributed by atoms with Gasteiger partial charge in [0.1, 0.15) is 0 Å². The number of rotatable bonds is 0. The third-order valence-corrected chi connectivity index (χ3v) is 0.885. The molecule has 0 heterocycles. The maximum absolute atomic E-state index is 2.93. The van der Waals surface area contributed by atoms with Gasteiger partial charge in [-0.2, -0.15) is 35.9 Å². The van der Waals surface area contributed by atoms with Crippen molar-refractivity contribution in [3.63, 3.8) is 0 Å². The molecule has 0 bridgehead atoms. The molecule has 0 nitrogen and oxygen atoms in total. The molecule has 0 spiro atoms. The first-order valence-electron chi connectivity index (χ1n) is 2.32. The molecule has 0 aliphatic heterocycles. The molecule has 9 heavy (non-hydrogen) atoms. The van der Waals surface area contributed by atoms with E-state index in [1.165, 1.54) is 5.56 Å². The summed E-state index contributed by atoms with van der Waals surface area (Å²) in [6.45, 7) is 2.06. The van der Waals surface area contributed by atoms with Gasteiger partial charge in [0, 0.05) is 0 Å². The van der Waals surface area contributed by atoms with Gasteiger partial charge in [-0.15, -0.1) is 0 Å². The second-order valence-corrected chi connectivity index (χ2v) is 1.58. The minimum absolute atomic E-state index is 0. The minimum Gasteiger partial charge on any atom is -0.358 e. The van der Waals surface area contributed by atoms with Crippen LogP contribution in [0.2, 0.25) is 0 Å². The van der Waals surface area contributed by atoms with Gasteiger partial charge in [0.15, 0.2) is 0 Å². The second-order valence-electron chi connectivity index (χ2n) is 1.58. The van der Waals surface area contributed by atoms with Crippen molar-refractivity contribution in [2.45, 2.75) is 6.92 Å². The number of hydrogen-bond acceptors (Lipinski definition) is 0. The molecule has 0 saturated heterocycles. The molecular formula is C8H10Zn. The molecular weight excluding hydrogens is 161 g/mol. The van der Waals surface area contributed by atoms with Crippen molar-refractivity contribution < 1.29 is 19.5 Å². The van der Waals surface area contributed by atoms with Gasteiger partial charge in [-0.25, -0.2) is 0 Å². The van der Waals surface area contributed by atoms with E-state index in [4.69, 9.17) is 0 Å². The van der Waals surface area contributed by atoms with Gasteiger partial charge in [-0.05, 0) is 0 Å². The molecule has 0 unspecified atom stereocenters. The van der Waals surface area contributed by atoms with Crippen LogP contribution in [0.15, 0.2) is 24.3 Å². The van der Waals surface area contributed by atoms with Crippen LogP contribution < -0.4 is 0 Å². The fraction of sp³-hybridized carbons (Fsp3) is 0.125. The predicted molar refractivity (Wildman–Crippen MR) is 36.4 cm³/mol. The van der Waals surface area contributed by atoms with Crippen molar-refractivity contribution in [3.05, 3.63) is 43.3 Å². The Morgan fingerprint density at radius 1 is 1.22 bits per heavy atom. The molecule has 0 aromatic heterocycles. The summed E-state index contributed by atoms with van der Waals surface area (Å²) in [6, 6.07) is 10.8. The average molecular weight is 172 g/mol. The zero-order valence-electron chi connectivity index (χ0n) is 6.02. The van der Waals surface area contributed by atoms with Crippen LogP contribution in [0.25, 0.3) is 0 Å². The third kappa shape index (κ3) is 4.35. The topological polar surface area (TPSA) is 0 Å². The maximum atomic E-state index is 2.93. The van der Waals surface area contributed by atoms with Crippen molar-refractivity contribution >= 4 is 0 Å². The molecule has 0 amide bonds. The summed E-state index contributed by atoms with van der Waals surface area (Å²) >= 11 is 0. The number of benzene rings is 1. The van der Waals surface area contributed by atoms with Crippen LogP contribution in [0.4, 0.5) is 0 Å². The Morgan fingerprint density at radius 2 is 1.67 bits per heavy atom. The van der Waals surface area contributed by atoms with E-state index in [9.17, 15) is 0 Å². The molecule has 0 atom stereocenters. The largest absolute Gasteiger partial charge is 2.00 e. The molecule has 1 aromatic rings. The van der Waals surface area contributed by atoms with Crippen LogP contribution in [0.3, 0.4) is 0 Å². The van der Waals surface area contributed by atoms with Crippen molar-refractivity contribution in [3.8, 4) is 0 Å². The van der Waals surface area contributed by atoms with Crippen LogP contribution >= 0.6 is 0 Å². The Labute approximate surface area is 70.1 Å². The predicted octanol–water partition coefficient (Wildman–Crippen LogP) is 2.24. The molecule has 0 aliphatic carbocycles. The van der Waals surface area contributed by atoms with Crippen LogP contribution in [-0.2, 0) is 19.5 Å². The zero-order chi connectivity index (χ0) is 5.11. The van der Waals surface area contributed by atoms with Gasteiger partial charge in [0.25, 0.3) is 0 Å². The summed E-state index contributed by atoms with van der Waals surface area (Å²) in [5.74, 6) is 0. The minimum atomic E-state index is 0. The van der Waals surface area contributed by atoms with Gasteiger partial charge in [0.05, 0.1) is 0 Å². The van der Waals surface area contributed by atoms with Crippen LogP contribution in [0, 0.1) is 20.4 Å². The normalized spacial score (nSPS) is 6.78. The van der Waals surface area contributed by atoms with E-state index >= 15 is 0 Å². The van der Waals surface area contributed by atoms with Gasteiger partial charge >= 0.3 is 19.5 Å². The van der Waals surface area contributed by atoms with Crippen molar-refractivity contribution in [1.82, 2.24) is 0 Å². The summed E-state index contributed by atoms with van der Waals surface area (Å²) in [6.07, 6.45) is 0. The first-order valence-corrected chi connectivity index (χ1v) is 2.32. The maximum Gasteiger partial charge on any atom is 2.00 e. The van der Waals surface area contributed by atoms with E-state index in [-0.39, 0.29) is 26.9 Å². The molecule has 0 radical (unpaired) electrons. The fourth-order valence-corrected chi connectivity index (χ4v) is 0.470. The number of hydrogen-bond donors (Lipinski definition) is 0. The van der Waals surface area contributed by atoms with E-state index < -0.39 is 0 Å². The third-order valence-electron chi connectivity index (χ3n) is 0.885. The summed E-state index contributed by atoms with van der Waals surface area (Å²) < 4.78 is 0. The summed E-state index contributed by atoms with van der Waals surface area (Å²) in [5.41, 5.74) is 1.29. The monoisotopic (exact) mass is 170 g/mol. The van der Waals surface area contributed by atoms with Crippen molar-refractivity contribution in [1.29, 1.82) is 0 Å². The van der Waals surface area contributed by atoms with E-state index in [2.05, 4.69) is 13.0 Å². The fourth-order valence-electron chi connectivity index (χ4n) is 0.470. The Hall–Kier alpha value is -0.157. The SMILES string of the molecule is Cc1cc[c-]cc1.[CH3-].[Zn+2]. The Bertz CT molecular complexity index is 134. The van der Waals surface area contributed by atoms with Crippen molar-refractivity contribution in [2.75, 3.05) is 0 Å². The summed E-state index contributed by atoms with van der Waals surface area (Å²) in [5, 5.41) is 0. The molecule has 1 aromatic carbocycles. The summed E-state index contributed by atoms with van der Waals surface area (Å²) in [4.78, 5) is 0. The quantitative estimate of drug-likeness (QED) is 0.415. The van der Waals surface area contributed by atoms with Gasteiger partial charge in [0.2, 0.25) is 0 Å².